The molecule has 2 aliphatic carbocycles. The molecule has 2 nitrogen and oxygen atoms in total. The highest BCUT2D eigenvalue weighted by Gasteiger charge is 2.67. The van der Waals surface area contributed by atoms with E-state index in [4.69, 9.17) is 9.47 Å². The van der Waals surface area contributed by atoms with Crippen molar-refractivity contribution in [3.8, 4) is 0 Å². The van der Waals surface area contributed by atoms with Gasteiger partial charge in [-0.05, 0) is 25.2 Å². The summed E-state index contributed by atoms with van der Waals surface area (Å²) in [6.07, 6.45) is 6.89. The molecule has 0 aromatic heterocycles. The minimum Gasteiger partial charge on any atom is -0.347 e. The molecule has 3 fully saturated rings. The number of ether oxygens (including phenoxy) is 2. The maximum Gasteiger partial charge on any atom is 0.172 e. The minimum absolute atomic E-state index is 0.158. The molecule has 2 heteroatoms. The summed E-state index contributed by atoms with van der Waals surface area (Å²) in [6, 6.07) is 0. The largest absolute Gasteiger partial charge is 0.347 e. The van der Waals surface area contributed by atoms with Crippen molar-refractivity contribution in [1.82, 2.24) is 0 Å². The first kappa shape index (κ1) is 8.01. The van der Waals surface area contributed by atoms with E-state index in [0.717, 1.165) is 31.5 Å². The lowest BCUT2D eigenvalue weighted by atomic mass is 10.1. The maximum absolute atomic E-state index is 5.78. The predicted molar refractivity (Wildman–Crippen MR) is 49.2 cm³/mol. The van der Waals surface area contributed by atoms with E-state index in [1.165, 1.54) is 6.42 Å². The molecule has 3 atom stereocenters. The van der Waals surface area contributed by atoms with Gasteiger partial charge >= 0.3 is 0 Å². The van der Waals surface area contributed by atoms with Crippen molar-refractivity contribution in [3.63, 3.8) is 0 Å². The number of rotatable bonds is 1. The molecule has 1 heterocycles. The molecule has 3 aliphatic rings. The molecular weight excluding hydrogens is 164 g/mol. The van der Waals surface area contributed by atoms with Gasteiger partial charge in [0.2, 0.25) is 0 Å². The standard InChI is InChI=1S/C11H16O2/c1-2-3-8-9-4-5-11(10(8)9)12-6-7-13-11/h2-3,8-10H,4-7H2,1H3/b3-2-. The Morgan fingerprint density at radius 2 is 2.08 bits per heavy atom. The number of allylic oxidation sites excluding steroid dienone is 2. The Bertz CT molecular complexity index is 235. The lowest BCUT2D eigenvalue weighted by Crippen LogP contribution is -2.31. The Morgan fingerprint density at radius 3 is 2.77 bits per heavy atom. The topological polar surface area (TPSA) is 18.5 Å². The Labute approximate surface area is 78.9 Å². The van der Waals surface area contributed by atoms with Gasteiger partial charge in [0, 0.05) is 12.3 Å². The Kier molecular flexibility index (Phi) is 1.59. The van der Waals surface area contributed by atoms with Gasteiger partial charge in [-0.2, -0.15) is 0 Å². The molecule has 1 saturated heterocycles. The second-order valence-electron chi connectivity index (χ2n) is 4.34. The zero-order chi connectivity index (χ0) is 8.89. The fraction of sp³-hybridized carbons (Fsp3) is 0.818. The summed E-state index contributed by atoms with van der Waals surface area (Å²) in [7, 11) is 0. The van der Waals surface area contributed by atoms with Gasteiger partial charge in [-0.3, -0.25) is 0 Å². The first-order valence-corrected chi connectivity index (χ1v) is 5.28. The second-order valence-corrected chi connectivity index (χ2v) is 4.34. The fourth-order valence-corrected chi connectivity index (χ4v) is 3.22. The number of fused-ring (bicyclic) bond motifs is 2. The molecule has 0 amide bonds. The molecule has 0 radical (unpaired) electrons. The first-order valence-electron chi connectivity index (χ1n) is 5.28. The molecule has 0 aromatic rings. The third-order valence-electron chi connectivity index (χ3n) is 3.75. The summed E-state index contributed by atoms with van der Waals surface area (Å²) < 4.78 is 11.6. The van der Waals surface area contributed by atoms with E-state index in [1.54, 1.807) is 0 Å². The molecule has 3 unspecified atom stereocenters. The van der Waals surface area contributed by atoms with Gasteiger partial charge in [-0.1, -0.05) is 12.2 Å². The van der Waals surface area contributed by atoms with E-state index in [2.05, 4.69) is 19.1 Å². The molecule has 1 spiro atoms. The molecule has 72 valence electrons. The zero-order valence-corrected chi connectivity index (χ0v) is 8.03. The smallest absolute Gasteiger partial charge is 0.172 e. The van der Waals surface area contributed by atoms with Crippen molar-refractivity contribution in [2.75, 3.05) is 13.2 Å². The van der Waals surface area contributed by atoms with Gasteiger partial charge in [0.1, 0.15) is 0 Å². The third kappa shape index (κ3) is 0.960. The lowest BCUT2D eigenvalue weighted by molar-refractivity contribution is -0.169. The van der Waals surface area contributed by atoms with Crippen LogP contribution in [-0.2, 0) is 9.47 Å². The average Bonchev–Trinajstić information content (AvgIpc) is 2.57. The summed E-state index contributed by atoms with van der Waals surface area (Å²) >= 11 is 0. The molecule has 0 aromatic carbocycles. The van der Waals surface area contributed by atoms with Crippen LogP contribution >= 0.6 is 0 Å². The summed E-state index contributed by atoms with van der Waals surface area (Å²) in [5, 5.41) is 0. The van der Waals surface area contributed by atoms with Gasteiger partial charge < -0.3 is 9.47 Å². The Hall–Kier alpha value is -0.340. The summed E-state index contributed by atoms with van der Waals surface area (Å²) in [5.41, 5.74) is 0. The monoisotopic (exact) mass is 180 g/mol. The lowest BCUT2D eigenvalue weighted by Gasteiger charge is -2.24. The SMILES string of the molecule is C/C=C\C1C2CCC3(OCCO3)C12. The summed E-state index contributed by atoms with van der Waals surface area (Å²) in [6.45, 7) is 3.69. The van der Waals surface area contributed by atoms with E-state index in [0.29, 0.717) is 5.92 Å². The van der Waals surface area contributed by atoms with Crippen LogP contribution in [0.15, 0.2) is 12.2 Å². The van der Waals surface area contributed by atoms with Crippen LogP contribution in [0.3, 0.4) is 0 Å². The van der Waals surface area contributed by atoms with Crippen LogP contribution in [0, 0.1) is 17.8 Å². The number of hydrogen-bond donors (Lipinski definition) is 0. The summed E-state index contributed by atoms with van der Waals surface area (Å²) in [5.74, 6) is 2.12. The Balaban J connectivity index is 1.79. The highest BCUT2D eigenvalue weighted by atomic mass is 16.7. The van der Waals surface area contributed by atoms with Gasteiger partial charge in [0.15, 0.2) is 5.79 Å². The molecule has 0 N–H and O–H groups in total. The van der Waals surface area contributed by atoms with Gasteiger partial charge in [-0.25, -0.2) is 0 Å². The molecule has 13 heavy (non-hydrogen) atoms. The van der Waals surface area contributed by atoms with E-state index in [-0.39, 0.29) is 5.79 Å². The van der Waals surface area contributed by atoms with E-state index < -0.39 is 0 Å². The first-order chi connectivity index (χ1) is 6.37. The zero-order valence-electron chi connectivity index (χ0n) is 8.03. The van der Waals surface area contributed by atoms with Gasteiger partial charge in [0.05, 0.1) is 13.2 Å². The van der Waals surface area contributed by atoms with Crippen LogP contribution < -0.4 is 0 Å². The fourth-order valence-electron chi connectivity index (χ4n) is 3.22. The predicted octanol–water partition coefficient (Wildman–Crippen LogP) is 1.96. The molecular formula is C11H16O2. The van der Waals surface area contributed by atoms with Crippen LogP contribution in [-0.4, -0.2) is 19.0 Å². The van der Waals surface area contributed by atoms with Crippen LogP contribution in [0.1, 0.15) is 19.8 Å². The van der Waals surface area contributed by atoms with Crippen molar-refractivity contribution in [2.45, 2.75) is 25.6 Å². The van der Waals surface area contributed by atoms with Crippen LogP contribution in [0.2, 0.25) is 0 Å². The van der Waals surface area contributed by atoms with Gasteiger partial charge in [0.25, 0.3) is 0 Å². The maximum atomic E-state index is 5.78. The van der Waals surface area contributed by atoms with Crippen molar-refractivity contribution in [1.29, 1.82) is 0 Å². The Morgan fingerprint density at radius 1 is 1.31 bits per heavy atom. The second kappa shape index (κ2) is 2.58. The van der Waals surface area contributed by atoms with Crippen molar-refractivity contribution in [3.05, 3.63) is 12.2 Å². The van der Waals surface area contributed by atoms with Crippen LogP contribution in [0.25, 0.3) is 0 Å². The number of hydrogen-bond acceptors (Lipinski definition) is 2. The highest BCUT2D eigenvalue weighted by Crippen LogP contribution is 2.65. The van der Waals surface area contributed by atoms with Crippen molar-refractivity contribution < 1.29 is 9.47 Å². The quantitative estimate of drug-likeness (QED) is 0.574. The normalized spacial score (nSPS) is 46.1. The van der Waals surface area contributed by atoms with E-state index in [1.807, 2.05) is 0 Å². The van der Waals surface area contributed by atoms with Crippen molar-refractivity contribution in [2.24, 2.45) is 17.8 Å². The summed E-state index contributed by atoms with van der Waals surface area (Å²) in [4.78, 5) is 0. The third-order valence-corrected chi connectivity index (χ3v) is 3.75. The van der Waals surface area contributed by atoms with Crippen LogP contribution in [0.5, 0.6) is 0 Å². The molecule has 3 rings (SSSR count). The molecule has 0 bridgehead atoms. The van der Waals surface area contributed by atoms with Crippen LogP contribution in [0.4, 0.5) is 0 Å². The van der Waals surface area contributed by atoms with Gasteiger partial charge in [-0.15, -0.1) is 0 Å². The minimum atomic E-state index is -0.158. The van der Waals surface area contributed by atoms with E-state index in [9.17, 15) is 0 Å². The molecule has 1 aliphatic heterocycles. The van der Waals surface area contributed by atoms with E-state index >= 15 is 0 Å². The van der Waals surface area contributed by atoms with Crippen molar-refractivity contribution >= 4 is 0 Å². The highest BCUT2D eigenvalue weighted by molar-refractivity contribution is 5.17. The average molecular weight is 180 g/mol. The molecule has 2 saturated carbocycles.